The molecular formula is C23H20ClFN4O3. The lowest BCUT2D eigenvalue weighted by Gasteiger charge is -2.16. The number of allylic oxidation sites excluding steroid dienone is 1. The van der Waals surface area contributed by atoms with Crippen LogP contribution in [0.25, 0.3) is 0 Å². The number of halogens is 2. The molecule has 0 aliphatic carbocycles. The molecule has 2 aromatic heterocycles. The van der Waals surface area contributed by atoms with Crippen molar-refractivity contribution in [1.29, 1.82) is 5.26 Å². The number of nitrogens with zero attached hydrogens (tertiary/aromatic N) is 3. The summed E-state index contributed by atoms with van der Waals surface area (Å²) in [5.74, 6) is -0.240. The minimum atomic E-state index is -1.73. The molecule has 3 rings (SSSR count). The van der Waals surface area contributed by atoms with Gasteiger partial charge in [0.2, 0.25) is 11.3 Å². The second-order valence-corrected chi connectivity index (χ2v) is 7.61. The second kappa shape index (κ2) is 9.62. The Morgan fingerprint density at radius 3 is 2.78 bits per heavy atom. The Kier molecular flexibility index (Phi) is 6.91. The van der Waals surface area contributed by atoms with Gasteiger partial charge in [0.15, 0.2) is 6.17 Å². The highest BCUT2D eigenvalue weighted by atomic mass is 35.5. The van der Waals surface area contributed by atoms with Crippen molar-refractivity contribution in [3.8, 4) is 17.6 Å². The number of hydrogen-bond acceptors (Lipinski definition) is 5. The minimum absolute atomic E-state index is 0.0887. The van der Waals surface area contributed by atoms with Crippen molar-refractivity contribution in [2.45, 2.75) is 33.0 Å². The highest BCUT2D eigenvalue weighted by Crippen LogP contribution is 2.32. The van der Waals surface area contributed by atoms with Crippen molar-refractivity contribution in [2.75, 3.05) is 0 Å². The van der Waals surface area contributed by atoms with E-state index < -0.39 is 11.7 Å². The van der Waals surface area contributed by atoms with E-state index in [-0.39, 0.29) is 45.5 Å². The Labute approximate surface area is 188 Å². The van der Waals surface area contributed by atoms with Crippen LogP contribution in [0.2, 0.25) is 5.02 Å². The van der Waals surface area contributed by atoms with Gasteiger partial charge in [-0.3, -0.25) is 14.2 Å². The average Bonchev–Trinajstić information content (AvgIpc) is 2.76. The number of aromatic nitrogens is 3. The number of H-pyrrole nitrogens is 1. The average molecular weight is 455 g/mol. The smallest absolute Gasteiger partial charge is 0.297 e. The Bertz CT molecular complexity index is 1340. The molecule has 32 heavy (non-hydrogen) atoms. The first-order chi connectivity index (χ1) is 15.2. The fourth-order valence-corrected chi connectivity index (χ4v) is 3.33. The maximum atomic E-state index is 14.8. The van der Waals surface area contributed by atoms with E-state index in [1.807, 2.05) is 13.0 Å². The summed E-state index contributed by atoms with van der Waals surface area (Å²) in [4.78, 5) is 31.7. The molecule has 7 nitrogen and oxygen atoms in total. The Morgan fingerprint density at radius 2 is 2.12 bits per heavy atom. The van der Waals surface area contributed by atoms with Crippen LogP contribution in [0.5, 0.6) is 11.5 Å². The van der Waals surface area contributed by atoms with Crippen LogP contribution in [0.4, 0.5) is 4.39 Å². The summed E-state index contributed by atoms with van der Waals surface area (Å²) in [6.45, 7) is 7.03. The molecule has 0 saturated heterocycles. The standard InChI is InChI=1S/C23H20ClFN4O3/c1-4-18-15(5-6-19(30)28-18)11-29-12-27-21(20(25)13(2)3)22(23(29)31)32-17-8-14(10-26)7-16(24)9-17/h5-9,12,20H,2,4,11H2,1,3H3,(H,28,30). The quantitative estimate of drug-likeness (QED) is 0.531. The van der Waals surface area contributed by atoms with E-state index in [2.05, 4.69) is 16.5 Å². The van der Waals surface area contributed by atoms with Crippen LogP contribution < -0.4 is 15.9 Å². The fourth-order valence-electron chi connectivity index (χ4n) is 3.10. The molecule has 0 saturated carbocycles. The maximum Gasteiger partial charge on any atom is 0.297 e. The van der Waals surface area contributed by atoms with Gasteiger partial charge in [-0.05, 0) is 42.7 Å². The SMILES string of the molecule is C=C(C)C(F)c1ncn(Cc2ccc(=O)[nH]c2CC)c(=O)c1Oc1cc(Cl)cc(C#N)c1. The lowest BCUT2D eigenvalue weighted by atomic mass is 10.1. The van der Waals surface area contributed by atoms with Crippen LogP contribution in [0, 0.1) is 11.3 Å². The third-order valence-electron chi connectivity index (χ3n) is 4.71. The molecule has 0 aliphatic rings. The number of rotatable bonds is 7. The summed E-state index contributed by atoms with van der Waals surface area (Å²) in [6, 6.07) is 9.17. The number of aryl methyl sites for hydroxylation is 1. The summed E-state index contributed by atoms with van der Waals surface area (Å²) in [7, 11) is 0. The van der Waals surface area contributed by atoms with E-state index in [1.165, 1.54) is 42.1 Å². The first-order valence-electron chi connectivity index (χ1n) is 9.71. The molecule has 164 valence electrons. The van der Waals surface area contributed by atoms with Crippen molar-refractivity contribution in [3.05, 3.63) is 97.1 Å². The third kappa shape index (κ3) is 4.95. The zero-order chi connectivity index (χ0) is 23.4. The van der Waals surface area contributed by atoms with Gasteiger partial charge in [-0.25, -0.2) is 9.37 Å². The van der Waals surface area contributed by atoms with Crippen LogP contribution in [-0.2, 0) is 13.0 Å². The lowest BCUT2D eigenvalue weighted by Crippen LogP contribution is -2.25. The number of alkyl halides is 1. The van der Waals surface area contributed by atoms with Crippen LogP contribution in [0.15, 0.2) is 58.4 Å². The summed E-state index contributed by atoms with van der Waals surface area (Å²) < 4.78 is 21.8. The van der Waals surface area contributed by atoms with Crippen LogP contribution in [-0.4, -0.2) is 14.5 Å². The van der Waals surface area contributed by atoms with Gasteiger partial charge in [0.25, 0.3) is 5.56 Å². The molecule has 1 N–H and O–H groups in total. The maximum absolute atomic E-state index is 14.8. The minimum Gasteiger partial charge on any atom is -0.449 e. The van der Waals surface area contributed by atoms with Crippen molar-refractivity contribution < 1.29 is 9.13 Å². The Balaban J connectivity index is 2.12. The molecule has 2 heterocycles. The molecule has 1 aromatic carbocycles. The van der Waals surface area contributed by atoms with E-state index in [9.17, 15) is 14.0 Å². The van der Waals surface area contributed by atoms with E-state index in [4.69, 9.17) is 21.6 Å². The van der Waals surface area contributed by atoms with E-state index in [0.29, 0.717) is 17.7 Å². The highest BCUT2D eigenvalue weighted by molar-refractivity contribution is 6.30. The Morgan fingerprint density at radius 1 is 1.38 bits per heavy atom. The van der Waals surface area contributed by atoms with Gasteiger partial charge in [-0.1, -0.05) is 31.2 Å². The topological polar surface area (TPSA) is 101 Å². The lowest BCUT2D eigenvalue weighted by molar-refractivity contribution is 0.362. The van der Waals surface area contributed by atoms with Crippen molar-refractivity contribution >= 4 is 11.6 Å². The molecule has 0 spiro atoms. The van der Waals surface area contributed by atoms with E-state index in [1.54, 1.807) is 6.07 Å². The number of hydrogen-bond donors (Lipinski definition) is 1. The normalized spacial score (nSPS) is 11.6. The van der Waals surface area contributed by atoms with Gasteiger partial charge in [0, 0.05) is 16.8 Å². The Hall–Kier alpha value is -3.70. The van der Waals surface area contributed by atoms with Gasteiger partial charge in [0.05, 0.1) is 24.5 Å². The highest BCUT2D eigenvalue weighted by Gasteiger charge is 2.23. The monoisotopic (exact) mass is 454 g/mol. The number of nitrogens with one attached hydrogen (secondary N) is 1. The molecule has 3 aromatic rings. The molecule has 0 bridgehead atoms. The number of pyridine rings is 1. The van der Waals surface area contributed by atoms with Crippen molar-refractivity contribution in [2.24, 2.45) is 0 Å². The molecule has 9 heteroatoms. The van der Waals surface area contributed by atoms with Crippen LogP contribution >= 0.6 is 11.6 Å². The van der Waals surface area contributed by atoms with Crippen LogP contribution in [0.1, 0.15) is 42.5 Å². The van der Waals surface area contributed by atoms with Crippen molar-refractivity contribution in [3.63, 3.8) is 0 Å². The predicted molar refractivity (Wildman–Crippen MR) is 119 cm³/mol. The summed E-state index contributed by atoms with van der Waals surface area (Å²) in [6.07, 6.45) is 0.0428. The number of benzene rings is 1. The molecule has 1 atom stereocenters. The zero-order valence-corrected chi connectivity index (χ0v) is 18.2. The molecule has 0 fully saturated rings. The molecule has 0 amide bonds. The summed E-state index contributed by atoms with van der Waals surface area (Å²) >= 11 is 6.03. The van der Waals surface area contributed by atoms with E-state index in [0.717, 1.165) is 0 Å². The van der Waals surface area contributed by atoms with Gasteiger partial charge < -0.3 is 9.72 Å². The summed E-state index contributed by atoms with van der Waals surface area (Å²) in [5, 5.41) is 9.39. The number of ether oxygens (including phenoxy) is 1. The largest absolute Gasteiger partial charge is 0.449 e. The van der Waals surface area contributed by atoms with Gasteiger partial charge in [-0.15, -0.1) is 0 Å². The number of nitriles is 1. The first-order valence-corrected chi connectivity index (χ1v) is 10.1. The summed E-state index contributed by atoms with van der Waals surface area (Å²) in [5.41, 5.74) is 0.648. The van der Waals surface area contributed by atoms with Gasteiger partial charge in [0.1, 0.15) is 11.4 Å². The number of aromatic amines is 1. The fraction of sp³-hybridized carbons (Fsp3) is 0.217. The predicted octanol–water partition coefficient (Wildman–Crippen LogP) is 4.45. The molecule has 1 unspecified atom stereocenters. The van der Waals surface area contributed by atoms with Crippen LogP contribution in [0.3, 0.4) is 0 Å². The first kappa shape index (κ1) is 23.0. The van der Waals surface area contributed by atoms with E-state index >= 15 is 0 Å². The second-order valence-electron chi connectivity index (χ2n) is 7.17. The zero-order valence-electron chi connectivity index (χ0n) is 17.5. The molecular weight excluding hydrogens is 435 g/mol. The third-order valence-corrected chi connectivity index (χ3v) is 4.93. The molecule has 0 aliphatic heterocycles. The van der Waals surface area contributed by atoms with Gasteiger partial charge >= 0.3 is 0 Å². The van der Waals surface area contributed by atoms with Gasteiger partial charge in [-0.2, -0.15) is 5.26 Å². The van der Waals surface area contributed by atoms with Crippen molar-refractivity contribution in [1.82, 2.24) is 14.5 Å². The molecule has 0 radical (unpaired) electrons.